The maximum atomic E-state index is 5.04. The Kier molecular flexibility index (Phi) is 4.33. The Bertz CT molecular complexity index is 217. The predicted molar refractivity (Wildman–Crippen MR) is 55.3 cm³/mol. The summed E-state index contributed by atoms with van der Waals surface area (Å²) in [7, 11) is 0. The zero-order valence-electron chi connectivity index (χ0n) is 7.66. The maximum absolute atomic E-state index is 5.04. The summed E-state index contributed by atoms with van der Waals surface area (Å²) < 4.78 is 5.04. The topological polar surface area (TPSA) is 25.2 Å². The highest BCUT2D eigenvalue weighted by Gasteiger charge is 2.13. The van der Waals surface area contributed by atoms with Gasteiger partial charge in [0.15, 0.2) is 0 Å². The molecule has 0 bridgehead atoms. The van der Waals surface area contributed by atoms with Gasteiger partial charge in [0.2, 0.25) is 0 Å². The van der Waals surface area contributed by atoms with Crippen LogP contribution >= 0.6 is 12.4 Å². The second kappa shape index (κ2) is 5.30. The number of nitrogens with one attached hydrogen (secondary N) is 1. The molecule has 1 aromatic rings. The van der Waals surface area contributed by atoms with Gasteiger partial charge in [0.05, 0.1) is 12.5 Å². The number of hydrogen-bond acceptors (Lipinski definition) is 2. The van der Waals surface area contributed by atoms with Gasteiger partial charge in [-0.1, -0.05) is 0 Å². The minimum Gasteiger partial charge on any atom is -0.472 e. The van der Waals surface area contributed by atoms with E-state index in [0.29, 0.717) is 0 Å². The van der Waals surface area contributed by atoms with Gasteiger partial charge in [0.25, 0.3) is 0 Å². The largest absolute Gasteiger partial charge is 0.472 e. The van der Waals surface area contributed by atoms with Gasteiger partial charge in [0.1, 0.15) is 0 Å². The summed E-state index contributed by atoms with van der Waals surface area (Å²) in [6.45, 7) is 2.37. The van der Waals surface area contributed by atoms with Crippen molar-refractivity contribution in [2.75, 3.05) is 13.1 Å². The Morgan fingerprint density at radius 1 is 1.54 bits per heavy atom. The van der Waals surface area contributed by atoms with E-state index < -0.39 is 0 Å². The zero-order chi connectivity index (χ0) is 8.23. The molecule has 2 rings (SSSR count). The van der Waals surface area contributed by atoms with E-state index in [4.69, 9.17) is 4.42 Å². The van der Waals surface area contributed by atoms with E-state index in [-0.39, 0.29) is 12.4 Å². The predicted octanol–water partition coefficient (Wildman–Crippen LogP) is 2.24. The molecule has 1 aliphatic rings. The summed E-state index contributed by atoms with van der Waals surface area (Å²) in [4.78, 5) is 0. The van der Waals surface area contributed by atoms with Crippen LogP contribution in [0.4, 0.5) is 0 Å². The second-order valence-corrected chi connectivity index (χ2v) is 3.55. The Hall–Kier alpha value is -0.470. The molecule has 1 N–H and O–H groups in total. The third-order valence-electron chi connectivity index (χ3n) is 2.50. The Morgan fingerprint density at radius 3 is 3.08 bits per heavy atom. The summed E-state index contributed by atoms with van der Waals surface area (Å²) in [5.41, 5.74) is 1.34. The highest BCUT2D eigenvalue weighted by molar-refractivity contribution is 5.85. The number of hydrogen-bond donors (Lipinski definition) is 1. The van der Waals surface area contributed by atoms with E-state index >= 15 is 0 Å². The molecule has 0 unspecified atom stereocenters. The first-order valence-corrected chi connectivity index (χ1v) is 4.67. The van der Waals surface area contributed by atoms with Crippen LogP contribution in [-0.4, -0.2) is 13.1 Å². The first-order chi connectivity index (χ1) is 5.95. The Morgan fingerprint density at radius 2 is 2.46 bits per heavy atom. The van der Waals surface area contributed by atoms with Gasteiger partial charge in [-0.05, 0) is 49.9 Å². The minimum absolute atomic E-state index is 0. The molecule has 3 heteroatoms. The van der Waals surface area contributed by atoms with E-state index in [0.717, 1.165) is 5.92 Å². The molecule has 0 spiro atoms. The van der Waals surface area contributed by atoms with Gasteiger partial charge in [0, 0.05) is 0 Å². The molecule has 0 aromatic carbocycles. The minimum atomic E-state index is 0. The highest BCUT2D eigenvalue weighted by Crippen LogP contribution is 2.16. The monoisotopic (exact) mass is 201 g/mol. The van der Waals surface area contributed by atoms with E-state index in [1.54, 1.807) is 6.26 Å². The van der Waals surface area contributed by atoms with Crippen LogP contribution in [0, 0.1) is 5.92 Å². The average molecular weight is 202 g/mol. The summed E-state index contributed by atoms with van der Waals surface area (Å²) in [6.07, 6.45) is 7.46. The normalized spacial score (nSPS) is 22.3. The van der Waals surface area contributed by atoms with Crippen LogP contribution < -0.4 is 5.32 Å². The van der Waals surface area contributed by atoms with Crippen LogP contribution in [0.3, 0.4) is 0 Å². The lowest BCUT2D eigenvalue weighted by Crippen LogP contribution is -2.30. The molecule has 1 atom stereocenters. The van der Waals surface area contributed by atoms with E-state index in [1.807, 2.05) is 6.26 Å². The molecule has 0 amide bonds. The van der Waals surface area contributed by atoms with Crippen molar-refractivity contribution in [3.05, 3.63) is 24.2 Å². The van der Waals surface area contributed by atoms with Gasteiger partial charge in [-0.2, -0.15) is 0 Å². The number of furan rings is 1. The van der Waals surface area contributed by atoms with Crippen molar-refractivity contribution in [3.63, 3.8) is 0 Å². The van der Waals surface area contributed by atoms with Crippen molar-refractivity contribution in [2.45, 2.75) is 19.3 Å². The molecule has 74 valence electrons. The van der Waals surface area contributed by atoms with Crippen molar-refractivity contribution < 1.29 is 4.42 Å². The number of piperidine rings is 1. The van der Waals surface area contributed by atoms with Gasteiger partial charge in [-0.25, -0.2) is 0 Å². The van der Waals surface area contributed by atoms with Crippen LogP contribution in [0.15, 0.2) is 23.0 Å². The molecule has 1 fully saturated rings. The molecule has 1 aromatic heterocycles. The Balaban J connectivity index is 0.000000845. The van der Waals surface area contributed by atoms with E-state index in [2.05, 4.69) is 11.4 Å². The summed E-state index contributed by atoms with van der Waals surface area (Å²) in [6, 6.07) is 2.06. The molecular weight excluding hydrogens is 186 g/mol. The van der Waals surface area contributed by atoms with Crippen LogP contribution in [0.5, 0.6) is 0 Å². The van der Waals surface area contributed by atoms with Crippen LogP contribution in [0.2, 0.25) is 0 Å². The quantitative estimate of drug-likeness (QED) is 0.794. The number of rotatable bonds is 2. The maximum Gasteiger partial charge on any atom is 0.0934 e. The van der Waals surface area contributed by atoms with Gasteiger partial charge >= 0.3 is 0 Å². The van der Waals surface area contributed by atoms with Crippen LogP contribution in [0.25, 0.3) is 0 Å². The standard InChI is InChI=1S/C10H15NO.ClH/c1-2-9(7-11-4-1)6-10-3-5-12-8-10;/h3,5,8-9,11H,1-2,4,6-7H2;1H/t9-;/m0./s1. The van der Waals surface area contributed by atoms with Gasteiger partial charge < -0.3 is 9.73 Å². The molecule has 2 heterocycles. The molecule has 2 nitrogen and oxygen atoms in total. The van der Waals surface area contributed by atoms with Crippen molar-refractivity contribution in [1.29, 1.82) is 0 Å². The second-order valence-electron chi connectivity index (χ2n) is 3.55. The van der Waals surface area contributed by atoms with E-state index in [1.165, 1.54) is 37.9 Å². The van der Waals surface area contributed by atoms with Crippen molar-refractivity contribution in [1.82, 2.24) is 5.32 Å². The SMILES string of the molecule is Cl.c1cc(C[C@@H]2CCCNC2)co1. The summed E-state index contributed by atoms with van der Waals surface area (Å²) in [5, 5.41) is 3.42. The van der Waals surface area contributed by atoms with Gasteiger partial charge in [-0.3, -0.25) is 0 Å². The molecule has 0 saturated carbocycles. The molecule has 1 saturated heterocycles. The van der Waals surface area contributed by atoms with Crippen molar-refractivity contribution in [3.8, 4) is 0 Å². The molecule has 13 heavy (non-hydrogen) atoms. The van der Waals surface area contributed by atoms with Gasteiger partial charge in [-0.15, -0.1) is 12.4 Å². The third-order valence-corrected chi connectivity index (χ3v) is 2.50. The lowest BCUT2D eigenvalue weighted by Gasteiger charge is -2.21. The number of halogens is 1. The first kappa shape index (κ1) is 10.6. The molecule has 1 aliphatic heterocycles. The molecular formula is C10H16ClNO. The fraction of sp³-hybridized carbons (Fsp3) is 0.600. The lowest BCUT2D eigenvalue weighted by atomic mass is 9.94. The van der Waals surface area contributed by atoms with Crippen LogP contribution in [-0.2, 0) is 6.42 Å². The Labute approximate surface area is 85.1 Å². The molecule has 0 aliphatic carbocycles. The smallest absolute Gasteiger partial charge is 0.0934 e. The fourth-order valence-electron chi connectivity index (χ4n) is 1.84. The fourth-order valence-corrected chi connectivity index (χ4v) is 1.84. The lowest BCUT2D eigenvalue weighted by molar-refractivity contribution is 0.375. The summed E-state index contributed by atoms with van der Waals surface area (Å²) in [5.74, 6) is 0.816. The average Bonchev–Trinajstić information content (AvgIpc) is 2.59. The third kappa shape index (κ3) is 3.05. The first-order valence-electron chi connectivity index (χ1n) is 4.67. The molecule has 0 radical (unpaired) electrons. The summed E-state index contributed by atoms with van der Waals surface area (Å²) >= 11 is 0. The van der Waals surface area contributed by atoms with Crippen LogP contribution in [0.1, 0.15) is 18.4 Å². The van der Waals surface area contributed by atoms with Crippen molar-refractivity contribution in [2.24, 2.45) is 5.92 Å². The van der Waals surface area contributed by atoms with E-state index in [9.17, 15) is 0 Å². The zero-order valence-corrected chi connectivity index (χ0v) is 8.48. The van der Waals surface area contributed by atoms with Crippen molar-refractivity contribution >= 4 is 12.4 Å². The highest BCUT2D eigenvalue weighted by atomic mass is 35.5.